The molecule has 1 aliphatic heterocycles. The third-order valence-corrected chi connectivity index (χ3v) is 6.95. The Morgan fingerprint density at radius 1 is 1.11 bits per heavy atom. The summed E-state index contributed by atoms with van der Waals surface area (Å²) >= 11 is 0. The fourth-order valence-corrected chi connectivity index (χ4v) is 4.48. The van der Waals surface area contributed by atoms with E-state index in [2.05, 4.69) is 0 Å². The highest BCUT2D eigenvalue weighted by Gasteiger charge is 2.41. The van der Waals surface area contributed by atoms with E-state index in [0.29, 0.717) is 11.7 Å². The van der Waals surface area contributed by atoms with Gasteiger partial charge in [-0.3, -0.25) is 9.59 Å². The van der Waals surface area contributed by atoms with Gasteiger partial charge in [0.25, 0.3) is 5.91 Å². The summed E-state index contributed by atoms with van der Waals surface area (Å²) in [7, 11) is -2.10. The molecule has 0 N–H and O–H groups in total. The third-order valence-electron chi connectivity index (χ3n) is 5.04. The van der Waals surface area contributed by atoms with E-state index in [4.69, 9.17) is 9.47 Å². The molecule has 0 bridgehead atoms. The molecular weight excluding hydrogens is 372 g/mol. The van der Waals surface area contributed by atoms with Gasteiger partial charge in [0.05, 0.1) is 17.9 Å². The Morgan fingerprint density at radius 2 is 1.70 bits per heavy atom. The number of sulfonamides is 1. The second kappa shape index (κ2) is 7.85. The number of piperazine rings is 1. The van der Waals surface area contributed by atoms with Gasteiger partial charge in [0.15, 0.2) is 6.61 Å². The largest absolute Gasteiger partial charge is 0.497 e. The van der Waals surface area contributed by atoms with Gasteiger partial charge in [-0.15, -0.1) is 0 Å². The molecule has 9 heteroatoms. The summed E-state index contributed by atoms with van der Waals surface area (Å²) in [6, 6.07) is 6.21. The van der Waals surface area contributed by atoms with Crippen LogP contribution in [0.4, 0.5) is 0 Å². The molecule has 1 aromatic carbocycles. The van der Waals surface area contributed by atoms with Crippen LogP contribution < -0.4 is 4.74 Å². The smallest absolute Gasteiger partial charge is 0.309 e. The van der Waals surface area contributed by atoms with Gasteiger partial charge in [-0.1, -0.05) is 6.92 Å². The number of esters is 1. The van der Waals surface area contributed by atoms with Crippen LogP contribution in [0.1, 0.15) is 13.3 Å². The molecule has 1 saturated heterocycles. The first-order valence-corrected chi connectivity index (χ1v) is 10.4. The number of carbonyl (C=O) groups is 2. The van der Waals surface area contributed by atoms with Gasteiger partial charge < -0.3 is 14.4 Å². The van der Waals surface area contributed by atoms with E-state index < -0.39 is 10.0 Å². The second-order valence-corrected chi connectivity index (χ2v) is 8.83. The van der Waals surface area contributed by atoms with Crippen molar-refractivity contribution in [2.45, 2.75) is 18.2 Å². The van der Waals surface area contributed by atoms with Crippen LogP contribution in [0.3, 0.4) is 0 Å². The van der Waals surface area contributed by atoms with Crippen molar-refractivity contribution in [1.29, 1.82) is 0 Å². The average molecular weight is 396 g/mol. The molecule has 148 valence electrons. The minimum absolute atomic E-state index is 0.0794. The Kier molecular flexibility index (Phi) is 5.71. The fraction of sp³-hybridized carbons (Fsp3) is 0.556. The van der Waals surface area contributed by atoms with Crippen molar-refractivity contribution < 1.29 is 27.5 Å². The van der Waals surface area contributed by atoms with Gasteiger partial charge in [0, 0.05) is 26.2 Å². The van der Waals surface area contributed by atoms with Gasteiger partial charge in [-0.05, 0) is 36.6 Å². The van der Waals surface area contributed by atoms with Crippen molar-refractivity contribution in [3.8, 4) is 5.75 Å². The lowest BCUT2D eigenvalue weighted by molar-refractivity contribution is -0.153. The van der Waals surface area contributed by atoms with E-state index >= 15 is 0 Å². The standard InChI is InChI=1S/C18H24N2O6S/c1-13-11-16(13)18(22)26-12-17(21)19-7-9-20(10-8-19)27(23,24)15-5-3-14(25-2)4-6-15/h3-6,13,16H,7-12H2,1-2H3/t13-,16-/m0/s1. The maximum absolute atomic E-state index is 12.7. The minimum Gasteiger partial charge on any atom is -0.497 e. The molecule has 0 aromatic heterocycles. The van der Waals surface area contributed by atoms with E-state index in [-0.39, 0.29) is 55.5 Å². The lowest BCUT2D eigenvalue weighted by Gasteiger charge is -2.33. The van der Waals surface area contributed by atoms with Gasteiger partial charge in [-0.2, -0.15) is 4.31 Å². The highest BCUT2D eigenvalue weighted by atomic mass is 32.2. The van der Waals surface area contributed by atoms with Crippen LogP contribution in [0.25, 0.3) is 0 Å². The molecule has 2 fully saturated rings. The van der Waals surface area contributed by atoms with Crippen LogP contribution in [-0.2, 0) is 24.3 Å². The van der Waals surface area contributed by atoms with Crippen molar-refractivity contribution in [2.24, 2.45) is 11.8 Å². The molecule has 27 heavy (non-hydrogen) atoms. The van der Waals surface area contributed by atoms with Crippen molar-refractivity contribution in [3.05, 3.63) is 24.3 Å². The lowest BCUT2D eigenvalue weighted by Crippen LogP contribution is -2.51. The maximum atomic E-state index is 12.7. The van der Waals surface area contributed by atoms with Crippen LogP contribution in [-0.4, -0.2) is 69.4 Å². The van der Waals surface area contributed by atoms with E-state index in [1.807, 2.05) is 6.92 Å². The molecule has 0 radical (unpaired) electrons. The topological polar surface area (TPSA) is 93.2 Å². The minimum atomic E-state index is -3.62. The zero-order chi connectivity index (χ0) is 19.6. The van der Waals surface area contributed by atoms with Crippen LogP contribution >= 0.6 is 0 Å². The van der Waals surface area contributed by atoms with E-state index in [0.717, 1.165) is 6.42 Å². The Hall–Kier alpha value is -2.13. The van der Waals surface area contributed by atoms with Gasteiger partial charge in [0.1, 0.15) is 5.75 Å². The summed E-state index contributed by atoms with van der Waals surface area (Å²) in [5.41, 5.74) is 0. The summed E-state index contributed by atoms with van der Waals surface area (Å²) in [5.74, 6) is 0.220. The first-order chi connectivity index (χ1) is 12.8. The molecule has 8 nitrogen and oxygen atoms in total. The molecule has 2 aliphatic rings. The molecule has 1 aromatic rings. The number of nitrogens with zero attached hydrogens (tertiary/aromatic N) is 2. The van der Waals surface area contributed by atoms with Gasteiger partial charge >= 0.3 is 5.97 Å². The molecular formula is C18H24N2O6S. The fourth-order valence-electron chi connectivity index (χ4n) is 3.06. The maximum Gasteiger partial charge on any atom is 0.309 e. The van der Waals surface area contributed by atoms with Crippen LogP contribution in [0, 0.1) is 11.8 Å². The first kappa shape index (κ1) is 19.6. The molecule has 0 spiro atoms. The SMILES string of the molecule is COc1ccc(S(=O)(=O)N2CCN(C(=O)COC(=O)[C@H]3C[C@@H]3C)CC2)cc1. The quantitative estimate of drug-likeness (QED) is 0.658. The van der Waals surface area contributed by atoms with Crippen LogP contribution in [0.15, 0.2) is 29.2 Å². The van der Waals surface area contributed by atoms with E-state index in [1.165, 1.54) is 28.4 Å². The Labute approximate surface area is 159 Å². The van der Waals surface area contributed by atoms with Gasteiger partial charge in [0.2, 0.25) is 10.0 Å². The Morgan fingerprint density at radius 3 is 2.22 bits per heavy atom. The summed E-state index contributed by atoms with van der Waals surface area (Å²) in [5, 5.41) is 0. The molecule has 0 unspecified atom stereocenters. The second-order valence-electron chi connectivity index (χ2n) is 6.89. The number of benzene rings is 1. The highest BCUT2D eigenvalue weighted by Crippen LogP contribution is 2.38. The summed E-state index contributed by atoms with van der Waals surface area (Å²) in [6.07, 6.45) is 0.814. The number of amides is 1. The third kappa shape index (κ3) is 4.41. The molecule has 1 amide bonds. The van der Waals surface area contributed by atoms with E-state index in [9.17, 15) is 18.0 Å². The Balaban J connectivity index is 1.51. The summed E-state index contributed by atoms with van der Waals surface area (Å²) in [6.45, 7) is 2.63. The molecule has 1 aliphatic carbocycles. The predicted molar refractivity (Wildman–Crippen MR) is 96.6 cm³/mol. The number of methoxy groups -OCH3 is 1. The number of rotatable bonds is 6. The number of hydrogen-bond donors (Lipinski definition) is 0. The Bertz CT molecular complexity index is 800. The van der Waals surface area contributed by atoms with E-state index in [1.54, 1.807) is 12.1 Å². The molecule has 1 saturated carbocycles. The zero-order valence-electron chi connectivity index (χ0n) is 15.5. The van der Waals surface area contributed by atoms with Crippen LogP contribution in [0.2, 0.25) is 0 Å². The molecule has 2 atom stereocenters. The summed E-state index contributed by atoms with van der Waals surface area (Å²) in [4.78, 5) is 25.6. The number of carbonyl (C=O) groups excluding carboxylic acids is 2. The number of hydrogen-bond acceptors (Lipinski definition) is 6. The van der Waals surface area contributed by atoms with Crippen LogP contribution in [0.5, 0.6) is 5.75 Å². The number of ether oxygens (including phenoxy) is 2. The molecule has 1 heterocycles. The van der Waals surface area contributed by atoms with Crippen molar-refractivity contribution >= 4 is 21.9 Å². The van der Waals surface area contributed by atoms with Crippen molar-refractivity contribution in [3.63, 3.8) is 0 Å². The normalized spacial score (nSPS) is 23.0. The highest BCUT2D eigenvalue weighted by molar-refractivity contribution is 7.89. The van der Waals surface area contributed by atoms with Crippen molar-refractivity contribution in [1.82, 2.24) is 9.21 Å². The first-order valence-electron chi connectivity index (χ1n) is 8.91. The lowest BCUT2D eigenvalue weighted by atomic mass is 10.3. The van der Waals surface area contributed by atoms with Gasteiger partial charge in [-0.25, -0.2) is 8.42 Å². The zero-order valence-corrected chi connectivity index (χ0v) is 16.3. The average Bonchev–Trinajstić information content (AvgIpc) is 3.42. The monoisotopic (exact) mass is 396 g/mol. The summed E-state index contributed by atoms with van der Waals surface area (Å²) < 4.78 is 36.9. The predicted octanol–water partition coefficient (Wildman–Crippen LogP) is 0.727. The van der Waals surface area contributed by atoms with Crippen molar-refractivity contribution in [2.75, 3.05) is 39.9 Å². The molecule has 3 rings (SSSR count).